The Balaban J connectivity index is 0.992. The van der Waals surface area contributed by atoms with Crippen molar-refractivity contribution < 1.29 is 23.5 Å². The van der Waals surface area contributed by atoms with Gasteiger partial charge in [0.1, 0.15) is 11.4 Å². The lowest BCUT2D eigenvalue weighted by Gasteiger charge is -2.57. The van der Waals surface area contributed by atoms with Crippen LogP contribution in [0.3, 0.4) is 0 Å². The number of amides is 3. The van der Waals surface area contributed by atoms with E-state index < -0.39 is 5.60 Å². The van der Waals surface area contributed by atoms with Gasteiger partial charge in [0.25, 0.3) is 5.91 Å². The number of pyridine rings is 1. The van der Waals surface area contributed by atoms with Gasteiger partial charge in [-0.05, 0) is 93.8 Å². The Morgan fingerprint density at radius 2 is 1.51 bits per heavy atom. The molecule has 4 fully saturated rings. The van der Waals surface area contributed by atoms with Gasteiger partial charge in [-0.2, -0.15) is 0 Å². The summed E-state index contributed by atoms with van der Waals surface area (Å²) < 4.78 is 19.5. The first-order valence-electron chi connectivity index (χ1n) is 18.2. The summed E-state index contributed by atoms with van der Waals surface area (Å²) in [5.74, 6) is 0.0180. The van der Waals surface area contributed by atoms with E-state index in [2.05, 4.69) is 27.3 Å². The molecule has 2 aliphatic heterocycles. The Bertz CT molecular complexity index is 1810. The van der Waals surface area contributed by atoms with Crippen molar-refractivity contribution in [3.63, 3.8) is 0 Å². The van der Waals surface area contributed by atoms with Crippen LogP contribution in [-0.4, -0.2) is 77.6 Å². The minimum Gasteiger partial charge on any atom is -0.444 e. The maximum absolute atomic E-state index is 13.9. The fourth-order valence-corrected chi connectivity index (χ4v) is 7.79. The molecule has 51 heavy (non-hydrogen) atoms. The molecule has 2 aliphatic carbocycles. The van der Waals surface area contributed by atoms with Crippen LogP contribution in [0.2, 0.25) is 0 Å². The van der Waals surface area contributed by atoms with Gasteiger partial charge in [-0.25, -0.2) is 9.18 Å². The molecule has 2 saturated carbocycles. The third-order valence-electron chi connectivity index (χ3n) is 10.8. The normalized spacial score (nSPS) is 19.1. The van der Waals surface area contributed by atoms with Crippen LogP contribution in [0, 0.1) is 17.2 Å². The monoisotopic (exact) mass is 693 g/mol. The molecule has 0 unspecified atom stereocenters. The summed E-state index contributed by atoms with van der Waals surface area (Å²) in [6.45, 7) is 11.8. The van der Waals surface area contributed by atoms with Crippen molar-refractivity contribution >= 4 is 29.2 Å². The predicted molar refractivity (Wildman–Crippen MR) is 195 cm³/mol. The van der Waals surface area contributed by atoms with Crippen LogP contribution < -0.4 is 10.2 Å². The number of anilines is 1. The molecule has 268 valence electrons. The molecular formula is C41H48FN5O4. The third kappa shape index (κ3) is 7.51. The van der Waals surface area contributed by atoms with E-state index in [0.29, 0.717) is 31.7 Å². The summed E-state index contributed by atoms with van der Waals surface area (Å²) in [6, 6.07) is 16.5. The lowest BCUT2D eigenvalue weighted by molar-refractivity contribution is -0.138. The van der Waals surface area contributed by atoms with Gasteiger partial charge in [0.15, 0.2) is 0 Å². The quantitative estimate of drug-likeness (QED) is 0.287. The summed E-state index contributed by atoms with van der Waals surface area (Å²) in [4.78, 5) is 48.9. The number of likely N-dealkylation sites (tertiary alicyclic amines) is 1. The van der Waals surface area contributed by atoms with Gasteiger partial charge in [-0.15, -0.1) is 0 Å². The van der Waals surface area contributed by atoms with Crippen molar-refractivity contribution in [1.29, 1.82) is 0 Å². The maximum Gasteiger partial charge on any atom is 0.410 e. The molecule has 1 atom stereocenters. The van der Waals surface area contributed by atoms with Crippen LogP contribution in [0.4, 0.5) is 14.9 Å². The number of hydrogen-bond donors (Lipinski definition) is 1. The SMILES string of the molecule is C[C@@H](NC(=O)c1cncc(N2CCN(C(=O)C3CCC3)CC2)c1)c1ccc(C(=C2CC3(C2)CN(C(=O)OC(C)(C)C)C3)c2ccc(F)cc2)cc1. The van der Waals surface area contributed by atoms with Crippen molar-refractivity contribution in [1.82, 2.24) is 20.1 Å². The summed E-state index contributed by atoms with van der Waals surface area (Å²) in [6.07, 6.45) is 8.01. The van der Waals surface area contributed by atoms with Crippen molar-refractivity contribution in [2.45, 2.75) is 71.4 Å². The van der Waals surface area contributed by atoms with E-state index in [-0.39, 0.29) is 41.1 Å². The molecule has 1 spiro atoms. The van der Waals surface area contributed by atoms with Gasteiger partial charge in [0.2, 0.25) is 5.91 Å². The molecule has 4 aliphatic rings. The highest BCUT2D eigenvalue weighted by atomic mass is 19.1. The Kier molecular flexibility index (Phi) is 9.37. The maximum atomic E-state index is 13.9. The van der Waals surface area contributed by atoms with Crippen molar-refractivity contribution in [2.75, 3.05) is 44.2 Å². The molecule has 3 aromatic rings. The molecule has 10 heteroatoms. The Labute approximate surface area is 299 Å². The molecule has 1 N–H and O–H groups in total. The molecular weight excluding hydrogens is 645 g/mol. The first-order chi connectivity index (χ1) is 24.4. The molecule has 3 amide bonds. The Morgan fingerprint density at radius 1 is 0.882 bits per heavy atom. The highest BCUT2D eigenvalue weighted by Gasteiger charge is 2.53. The van der Waals surface area contributed by atoms with Crippen LogP contribution >= 0.6 is 0 Å². The minimum atomic E-state index is -0.524. The third-order valence-corrected chi connectivity index (χ3v) is 10.8. The summed E-state index contributed by atoms with van der Waals surface area (Å²) in [5, 5.41) is 3.13. The first-order valence-corrected chi connectivity index (χ1v) is 18.2. The van der Waals surface area contributed by atoms with E-state index in [1.807, 2.05) is 62.9 Å². The average Bonchev–Trinajstić information content (AvgIpc) is 3.04. The van der Waals surface area contributed by atoms with E-state index in [4.69, 9.17) is 4.74 Å². The van der Waals surface area contributed by atoms with Gasteiger partial charge < -0.3 is 24.8 Å². The largest absolute Gasteiger partial charge is 0.444 e. The van der Waals surface area contributed by atoms with Crippen LogP contribution in [0.25, 0.3) is 5.57 Å². The predicted octanol–water partition coefficient (Wildman–Crippen LogP) is 6.99. The fraction of sp³-hybridized carbons (Fsp3) is 0.463. The van der Waals surface area contributed by atoms with Crippen LogP contribution in [0.5, 0.6) is 0 Å². The number of nitrogens with one attached hydrogen (secondary N) is 1. The number of benzene rings is 2. The molecule has 9 nitrogen and oxygen atoms in total. The number of allylic oxidation sites excluding steroid dienone is 1. The minimum absolute atomic E-state index is 0.0608. The molecule has 2 aromatic carbocycles. The first kappa shape index (κ1) is 34.7. The van der Waals surface area contributed by atoms with Gasteiger partial charge in [-0.3, -0.25) is 14.6 Å². The van der Waals surface area contributed by atoms with E-state index in [1.165, 1.54) is 17.7 Å². The molecule has 1 aromatic heterocycles. The van der Waals surface area contributed by atoms with E-state index in [9.17, 15) is 18.8 Å². The number of carbonyl (C=O) groups excluding carboxylic acids is 3. The standard InChI is InChI=1S/C41H48FN5O4/c1-27(44-37(48)32-20-35(24-43-23-32)45-16-18-46(19-17-45)38(49)31-6-5-7-31)28-8-10-29(11-9-28)36(30-12-14-34(42)15-13-30)33-21-41(22-33)25-47(26-41)39(50)51-40(2,3)4/h8-15,20,23-24,27,31H,5-7,16-19,21-22,25-26H2,1-4H3,(H,44,48)/t27-/m1/s1. The van der Waals surface area contributed by atoms with Gasteiger partial charge in [-0.1, -0.05) is 48.4 Å². The number of ether oxygens (including phenoxy) is 1. The van der Waals surface area contributed by atoms with E-state index in [1.54, 1.807) is 17.3 Å². The second-order valence-electron chi connectivity index (χ2n) is 15.9. The Hall–Kier alpha value is -4.73. The van der Waals surface area contributed by atoms with Crippen LogP contribution in [0.15, 0.2) is 72.6 Å². The van der Waals surface area contributed by atoms with E-state index in [0.717, 1.165) is 73.1 Å². The zero-order valence-electron chi connectivity index (χ0n) is 30.1. The number of piperazine rings is 1. The molecule has 2 saturated heterocycles. The molecule has 3 heterocycles. The molecule has 0 radical (unpaired) electrons. The number of carbonyl (C=O) groups is 3. The number of halogens is 1. The summed E-state index contributed by atoms with van der Waals surface area (Å²) >= 11 is 0. The zero-order valence-corrected chi connectivity index (χ0v) is 30.1. The summed E-state index contributed by atoms with van der Waals surface area (Å²) in [7, 11) is 0. The topological polar surface area (TPSA) is 95.1 Å². The second kappa shape index (κ2) is 13.8. The average molecular weight is 694 g/mol. The molecule has 0 bridgehead atoms. The van der Waals surface area contributed by atoms with Crippen LogP contribution in [0.1, 0.15) is 92.9 Å². The van der Waals surface area contributed by atoms with E-state index >= 15 is 0 Å². The lowest BCUT2D eigenvalue weighted by Crippen LogP contribution is -2.62. The highest BCUT2D eigenvalue weighted by molar-refractivity contribution is 5.95. The van der Waals surface area contributed by atoms with Gasteiger partial charge in [0, 0.05) is 56.8 Å². The number of nitrogens with zero attached hydrogens (tertiary/aromatic N) is 4. The number of aromatic nitrogens is 1. The van der Waals surface area contributed by atoms with Crippen molar-refractivity contribution in [3.8, 4) is 0 Å². The fourth-order valence-electron chi connectivity index (χ4n) is 7.79. The molecule has 7 rings (SSSR count). The lowest BCUT2D eigenvalue weighted by atomic mass is 9.59. The van der Waals surface area contributed by atoms with Gasteiger partial charge >= 0.3 is 6.09 Å². The smallest absolute Gasteiger partial charge is 0.410 e. The van der Waals surface area contributed by atoms with Crippen molar-refractivity contribution in [3.05, 3.63) is 101 Å². The second-order valence-corrected chi connectivity index (χ2v) is 15.9. The Morgan fingerprint density at radius 3 is 2.10 bits per heavy atom. The number of hydrogen-bond acceptors (Lipinski definition) is 6. The highest BCUT2D eigenvalue weighted by Crippen LogP contribution is 2.55. The zero-order chi connectivity index (χ0) is 35.9. The van der Waals surface area contributed by atoms with Crippen LogP contribution in [-0.2, 0) is 9.53 Å². The number of rotatable bonds is 7. The summed E-state index contributed by atoms with van der Waals surface area (Å²) in [5.41, 5.74) is 6.25. The van der Waals surface area contributed by atoms with Crippen molar-refractivity contribution in [2.24, 2.45) is 11.3 Å². The van der Waals surface area contributed by atoms with Gasteiger partial charge in [0.05, 0.1) is 23.5 Å².